The minimum absolute atomic E-state index is 0.216. The Hall–Kier alpha value is -2.18. The summed E-state index contributed by atoms with van der Waals surface area (Å²) in [6, 6.07) is 4.79. The van der Waals surface area contributed by atoms with Gasteiger partial charge in [0.15, 0.2) is 6.61 Å². The lowest BCUT2D eigenvalue weighted by Gasteiger charge is -2.01. The molecule has 0 aromatic carbocycles. The van der Waals surface area contributed by atoms with Gasteiger partial charge in [-0.25, -0.2) is 18.1 Å². The van der Waals surface area contributed by atoms with Gasteiger partial charge < -0.3 is 9.84 Å². The van der Waals surface area contributed by atoms with Crippen LogP contribution in [0.5, 0.6) is 5.88 Å². The minimum atomic E-state index is -2.68. The average molecular weight is 242 g/mol. The van der Waals surface area contributed by atoms with Crippen LogP contribution < -0.4 is 4.74 Å². The van der Waals surface area contributed by atoms with Gasteiger partial charge in [0.05, 0.1) is 5.52 Å². The minimum Gasteiger partial charge on any atom is -0.477 e. The molecule has 0 unspecified atom stereocenters. The van der Waals surface area contributed by atoms with Crippen LogP contribution in [-0.2, 0) is 0 Å². The van der Waals surface area contributed by atoms with E-state index in [2.05, 4.69) is 9.84 Å². The maximum atomic E-state index is 12.0. The molecule has 0 spiro atoms. The lowest BCUT2D eigenvalue weighted by molar-refractivity contribution is 0.0661. The summed E-state index contributed by atoms with van der Waals surface area (Å²) in [7, 11) is 0. The van der Waals surface area contributed by atoms with Crippen LogP contribution >= 0.6 is 0 Å². The van der Waals surface area contributed by atoms with Crippen molar-refractivity contribution in [3.8, 4) is 5.88 Å². The number of rotatable bonds is 4. The van der Waals surface area contributed by atoms with Gasteiger partial charge in [-0.2, -0.15) is 0 Å². The molecule has 0 saturated carbocycles. The predicted molar refractivity (Wildman–Crippen MR) is 53.7 cm³/mol. The van der Waals surface area contributed by atoms with E-state index in [0.717, 1.165) is 0 Å². The molecule has 0 bridgehead atoms. The van der Waals surface area contributed by atoms with Crippen molar-refractivity contribution in [1.82, 2.24) is 9.61 Å². The fourth-order valence-corrected chi connectivity index (χ4v) is 1.42. The van der Waals surface area contributed by atoms with E-state index in [1.54, 1.807) is 12.1 Å². The van der Waals surface area contributed by atoms with Crippen molar-refractivity contribution in [1.29, 1.82) is 0 Å². The first-order chi connectivity index (χ1) is 8.09. The zero-order valence-electron chi connectivity index (χ0n) is 8.51. The van der Waals surface area contributed by atoms with Crippen LogP contribution in [0.15, 0.2) is 24.4 Å². The standard InChI is InChI=1S/C10H8F2N2O3/c11-7(12)5-17-9-8(10(15)16)6-3-1-2-4-14(6)13-9/h1-4,7H,5H2,(H,15,16). The number of carbonyl (C=O) groups is 1. The molecule has 2 rings (SSSR count). The molecule has 2 heterocycles. The predicted octanol–water partition coefficient (Wildman–Crippen LogP) is 1.68. The number of hydrogen-bond acceptors (Lipinski definition) is 3. The normalized spacial score (nSPS) is 11.0. The largest absolute Gasteiger partial charge is 0.477 e. The summed E-state index contributed by atoms with van der Waals surface area (Å²) in [5, 5.41) is 12.8. The molecule has 7 heteroatoms. The number of fused-ring (bicyclic) bond motifs is 1. The molecule has 0 aliphatic carbocycles. The highest BCUT2D eigenvalue weighted by atomic mass is 19.3. The summed E-state index contributed by atoms with van der Waals surface area (Å²) >= 11 is 0. The Morgan fingerprint density at radius 1 is 1.53 bits per heavy atom. The Labute approximate surface area is 94.2 Å². The second-order valence-electron chi connectivity index (χ2n) is 3.22. The molecule has 0 aliphatic rings. The molecule has 5 nitrogen and oxygen atoms in total. The van der Waals surface area contributed by atoms with Crippen LogP contribution in [-0.4, -0.2) is 33.7 Å². The Morgan fingerprint density at radius 2 is 2.29 bits per heavy atom. The molecule has 1 N–H and O–H groups in total. The summed E-state index contributed by atoms with van der Waals surface area (Å²) in [5.41, 5.74) is 0.0792. The fraction of sp³-hybridized carbons (Fsp3) is 0.200. The van der Waals surface area contributed by atoms with Gasteiger partial charge in [0.2, 0.25) is 5.88 Å². The molecule has 2 aromatic rings. The molecule has 2 aromatic heterocycles. The highest BCUT2D eigenvalue weighted by Crippen LogP contribution is 2.22. The van der Waals surface area contributed by atoms with Crippen LogP contribution in [0.4, 0.5) is 8.78 Å². The number of pyridine rings is 1. The van der Waals surface area contributed by atoms with Crippen LogP contribution in [0.25, 0.3) is 5.52 Å². The Morgan fingerprint density at radius 3 is 2.94 bits per heavy atom. The number of aromatic nitrogens is 2. The van der Waals surface area contributed by atoms with E-state index >= 15 is 0 Å². The van der Waals surface area contributed by atoms with Crippen molar-refractivity contribution in [2.75, 3.05) is 6.61 Å². The number of carboxylic acid groups (broad SMARTS) is 1. The van der Waals surface area contributed by atoms with Crippen LogP contribution in [0.3, 0.4) is 0 Å². The zero-order chi connectivity index (χ0) is 12.4. The van der Waals surface area contributed by atoms with Gasteiger partial charge in [-0.05, 0) is 12.1 Å². The average Bonchev–Trinajstić information content (AvgIpc) is 2.64. The molecule has 0 atom stereocenters. The summed E-state index contributed by atoms with van der Waals surface area (Å²) in [4.78, 5) is 11.0. The lowest BCUT2D eigenvalue weighted by atomic mass is 10.2. The third kappa shape index (κ3) is 2.17. The summed E-state index contributed by atoms with van der Waals surface area (Å²) in [5.74, 6) is -1.57. The van der Waals surface area contributed by atoms with Crippen molar-refractivity contribution in [2.45, 2.75) is 6.43 Å². The van der Waals surface area contributed by atoms with Crippen molar-refractivity contribution < 1.29 is 23.4 Å². The van der Waals surface area contributed by atoms with E-state index in [1.165, 1.54) is 16.8 Å². The third-order valence-electron chi connectivity index (χ3n) is 2.07. The number of hydrogen-bond donors (Lipinski definition) is 1. The van der Waals surface area contributed by atoms with Crippen molar-refractivity contribution in [3.05, 3.63) is 30.0 Å². The van der Waals surface area contributed by atoms with Crippen LogP contribution in [0.2, 0.25) is 0 Å². The first-order valence-corrected chi connectivity index (χ1v) is 4.71. The van der Waals surface area contributed by atoms with Crippen LogP contribution in [0.1, 0.15) is 10.4 Å². The van der Waals surface area contributed by atoms with Gasteiger partial charge in [-0.15, -0.1) is 5.10 Å². The third-order valence-corrected chi connectivity index (χ3v) is 2.07. The second-order valence-corrected chi connectivity index (χ2v) is 3.22. The number of ether oxygens (including phenoxy) is 1. The van der Waals surface area contributed by atoms with Crippen LogP contribution in [0, 0.1) is 0 Å². The van der Waals surface area contributed by atoms with E-state index < -0.39 is 19.0 Å². The molecule has 90 valence electrons. The molecular formula is C10H8F2N2O3. The van der Waals surface area contributed by atoms with E-state index in [4.69, 9.17) is 5.11 Å². The molecule has 0 aliphatic heterocycles. The molecule has 0 radical (unpaired) electrons. The number of nitrogens with zero attached hydrogens (tertiary/aromatic N) is 2. The van der Waals surface area contributed by atoms with E-state index in [1.807, 2.05) is 0 Å². The number of halogens is 2. The summed E-state index contributed by atoms with van der Waals surface area (Å²) in [6.45, 7) is -0.885. The Bertz CT molecular complexity index is 553. The van der Waals surface area contributed by atoms with Crippen molar-refractivity contribution >= 4 is 11.5 Å². The van der Waals surface area contributed by atoms with Gasteiger partial charge in [0.1, 0.15) is 5.56 Å². The lowest BCUT2D eigenvalue weighted by Crippen LogP contribution is -2.09. The molecule has 0 fully saturated rings. The highest BCUT2D eigenvalue weighted by molar-refractivity contribution is 5.98. The topological polar surface area (TPSA) is 63.8 Å². The second kappa shape index (κ2) is 4.36. The van der Waals surface area contributed by atoms with Gasteiger partial charge in [0, 0.05) is 6.20 Å². The first-order valence-electron chi connectivity index (χ1n) is 4.71. The van der Waals surface area contributed by atoms with Crippen molar-refractivity contribution in [2.24, 2.45) is 0 Å². The monoisotopic (exact) mass is 242 g/mol. The molecule has 0 saturated heterocycles. The quantitative estimate of drug-likeness (QED) is 0.885. The van der Waals surface area contributed by atoms with Crippen molar-refractivity contribution in [3.63, 3.8) is 0 Å². The van der Waals surface area contributed by atoms with Gasteiger partial charge in [0.25, 0.3) is 6.43 Å². The molecule has 17 heavy (non-hydrogen) atoms. The van der Waals surface area contributed by atoms with E-state index in [-0.39, 0.29) is 11.4 Å². The number of aromatic carboxylic acids is 1. The van der Waals surface area contributed by atoms with Gasteiger partial charge in [-0.1, -0.05) is 6.07 Å². The zero-order valence-corrected chi connectivity index (χ0v) is 8.51. The smallest absolute Gasteiger partial charge is 0.343 e. The SMILES string of the molecule is O=C(O)c1c(OCC(F)F)nn2ccccc12. The van der Waals surface area contributed by atoms with Gasteiger partial charge in [-0.3, -0.25) is 0 Å². The van der Waals surface area contributed by atoms with E-state index in [9.17, 15) is 13.6 Å². The summed E-state index contributed by atoms with van der Waals surface area (Å²) < 4.78 is 30.0. The maximum Gasteiger partial charge on any atom is 0.343 e. The molecule has 0 amide bonds. The van der Waals surface area contributed by atoms with E-state index in [0.29, 0.717) is 5.52 Å². The number of carboxylic acids is 1. The maximum absolute atomic E-state index is 12.0. The Balaban J connectivity index is 2.46. The van der Waals surface area contributed by atoms with Gasteiger partial charge >= 0.3 is 5.97 Å². The summed E-state index contributed by atoms with van der Waals surface area (Å²) in [6.07, 6.45) is -1.17. The Kier molecular flexibility index (Phi) is 2.90. The fourth-order valence-electron chi connectivity index (χ4n) is 1.42. The first kappa shape index (κ1) is 11.3. The number of alkyl halides is 2. The highest BCUT2D eigenvalue weighted by Gasteiger charge is 2.21. The molecular weight excluding hydrogens is 234 g/mol.